The highest BCUT2D eigenvalue weighted by atomic mass is 16.3. The van der Waals surface area contributed by atoms with E-state index in [1.807, 2.05) is 74.6 Å². The fourth-order valence-electron chi connectivity index (χ4n) is 1.43. The van der Waals surface area contributed by atoms with Crippen molar-refractivity contribution in [3.8, 4) is 5.75 Å². The molecule has 1 nitrogen and oxygen atoms in total. The summed E-state index contributed by atoms with van der Waals surface area (Å²) in [6.45, 7) is 3.93. The summed E-state index contributed by atoms with van der Waals surface area (Å²) in [5, 5.41) is 9.82. The Hall–Kier alpha value is -2.02. The van der Waals surface area contributed by atoms with Crippen LogP contribution in [0.2, 0.25) is 0 Å². The molecule has 0 aliphatic carbocycles. The molecule has 1 N–H and O–H groups in total. The Bertz CT molecular complexity index is 462. The maximum Gasteiger partial charge on any atom is 0.123 e. The number of hydrogen-bond acceptors (Lipinski definition) is 1. The normalized spacial score (nSPS) is 12.6. The number of rotatable bonds is 4. The molecule has 0 spiro atoms. The van der Waals surface area contributed by atoms with Crippen molar-refractivity contribution >= 4 is 12.2 Å². The van der Waals surface area contributed by atoms with Gasteiger partial charge in [-0.2, -0.15) is 0 Å². The van der Waals surface area contributed by atoms with Crippen LogP contribution in [0.25, 0.3) is 12.2 Å². The van der Waals surface area contributed by atoms with Gasteiger partial charge in [-0.1, -0.05) is 60.7 Å². The van der Waals surface area contributed by atoms with Gasteiger partial charge in [0.05, 0.1) is 0 Å². The fourth-order valence-corrected chi connectivity index (χ4v) is 1.43. The smallest absolute Gasteiger partial charge is 0.123 e. The highest BCUT2D eigenvalue weighted by molar-refractivity contribution is 5.70. The highest BCUT2D eigenvalue weighted by Crippen LogP contribution is 2.23. The van der Waals surface area contributed by atoms with Crippen LogP contribution in [0.1, 0.15) is 25.0 Å². The third-order valence-corrected chi connectivity index (χ3v) is 2.26. The van der Waals surface area contributed by atoms with Gasteiger partial charge in [0.2, 0.25) is 0 Å². The summed E-state index contributed by atoms with van der Waals surface area (Å²) in [5.41, 5.74) is 1.84. The van der Waals surface area contributed by atoms with E-state index in [0.717, 1.165) is 11.1 Å². The molecular formula is C16H18O. The Labute approximate surface area is 103 Å². The van der Waals surface area contributed by atoms with Crippen molar-refractivity contribution in [2.45, 2.75) is 13.8 Å². The SMILES string of the molecule is CC=CC=Cc1cccc(O)c1C=CC=CC. The van der Waals surface area contributed by atoms with Crippen LogP contribution in [0.3, 0.4) is 0 Å². The molecular weight excluding hydrogens is 208 g/mol. The second-order valence-electron chi connectivity index (χ2n) is 3.55. The van der Waals surface area contributed by atoms with Crippen LogP contribution < -0.4 is 0 Å². The van der Waals surface area contributed by atoms with Gasteiger partial charge < -0.3 is 5.11 Å². The zero-order valence-corrected chi connectivity index (χ0v) is 10.3. The van der Waals surface area contributed by atoms with Crippen LogP contribution in [0.15, 0.2) is 54.7 Å². The number of hydrogen-bond donors (Lipinski definition) is 1. The molecule has 0 aliphatic rings. The van der Waals surface area contributed by atoms with Gasteiger partial charge >= 0.3 is 0 Å². The standard InChI is InChI=1S/C16H18O/c1-3-5-7-10-14-11-9-13-16(17)15(14)12-8-6-4-2/h3-13,17H,1-2H3. The number of allylic oxidation sites excluding steroid dienone is 6. The Morgan fingerprint density at radius 3 is 2.18 bits per heavy atom. The second kappa shape index (κ2) is 7.29. The number of phenolic OH excluding ortho intramolecular Hbond substituents is 1. The van der Waals surface area contributed by atoms with Gasteiger partial charge in [-0.3, -0.25) is 0 Å². The molecule has 0 atom stereocenters. The molecule has 0 bridgehead atoms. The molecule has 0 heterocycles. The fraction of sp³-hybridized carbons (Fsp3) is 0.125. The highest BCUT2D eigenvalue weighted by Gasteiger charge is 2.00. The first-order valence-corrected chi connectivity index (χ1v) is 5.70. The molecule has 0 aliphatic heterocycles. The van der Waals surface area contributed by atoms with Gasteiger partial charge in [0.25, 0.3) is 0 Å². The van der Waals surface area contributed by atoms with E-state index in [4.69, 9.17) is 0 Å². The summed E-state index contributed by atoms with van der Waals surface area (Å²) < 4.78 is 0. The van der Waals surface area contributed by atoms with Gasteiger partial charge in [-0.05, 0) is 25.5 Å². The minimum atomic E-state index is 0.299. The first kappa shape index (κ1) is 13.0. The lowest BCUT2D eigenvalue weighted by atomic mass is 10.1. The average Bonchev–Trinajstić information content (AvgIpc) is 2.33. The largest absolute Gasteiger partial charge is 0.507 e. The van der Waals surface area contributed by atoms with Crippen LogP contribution >= 0.6 is 0 Å². The van der Waals surface area contributed by atoms with E-state index in [1.54, 1.807) is 6.07 Å². The zero-order chi connectivity index (χ0) is 12.5. The lowest BCUT2D eigenvalue weighted by Crippen LogP contribution is -1.81. The first-order valence-electron chi connectivity index (χ1n) is 5.70. The number of benzene rings is 1. The zero-order valence-electron chi connectivity index (χ0n) is 10.3. The summed E-state index contributed by atoms with van der Waals surface area (Å²) in [4.78, 5) is 0. The van der Waals surface area contributed by atoms with Crippen LogP contribution in [0.5, 0.6) is 5.75 Å². The van der Waals surface area contributed by atoms with E-state index in [2.05, 4.69) is 0 Å². The van der Waals surface area contributed by atoms with Crippen molar-refractivity contribution in [1.29, 1.82) is 0 Å². The quantitative estimate of drug-likeness (QED) is 0.745. The summed E-state index contributed by atoms with van der Waals surface area (Å²) in [7, 11) is 0. The maximum atomic E-state index is 9.82. The molecule has 17 heavy (non-hydrogen) atoms. The predicted molar refractivity (Wildman–Crippen MR) is 75.8 cm³/mol. The third-order valence-electron chi connectivity index (χ3n) is 2.26. The molecule has 0 saturated carbocycles. The summed E-state index contributed by atoms with van der Waals surface area (Å²) in [6, 6.07) is 5.52. The van der Waals surface area contributed by atoms with Crippen molar-refractivity contribution in [2.75, 3.05) is 0 Å². The van der Waals surface area contributed by atoms with Crippen LogP contribution in [0, 0.1) is 0 Å². The Balaban J connectivity index is 3.07. The monoisotopic (exact) mass is 226 g/mol. The Morgan fingerprint density at radius 1 is 0.882 bits per heavy atom. The van der Waals surface area contributed by atoms with Crippen molar-refractivity contribution in [3.05, 3.63) is 65.8 Å². The lowest BCUT2D eigenvalue weighted by Gasteiger charge is -2.03. The maximum absolute atomic E-state index is 9.82. The minimum absolute atomic E-state index is 0.299. The molecule has 1 rings (SSSR count). The van der Waals surface area contributed by atoms with E-state index in [0.29, 0.717) is 5.75 Å². The molecule has 88 valence electrons. The molecule has 0 fully saturated rings. The minimum Gasteiger partial charge on any atom is -0.507 e. The molecule has 0 radical (unpaired) electrons. The molecule has 0 saturated heterocycles. The van der Waals surface area contributed by atoms with Gasteiger partial charge in [0.1, 0.15) is 5.75 Å². The van der Waals surface area contributed by atoms with Crippen molar-refractivity contribution in [2.24, 2.45) is 0 Å². The van der Waals surface area contributed by atoms with Gasteiger partial charge in [-0.25, -0.2) is 0 Å². The van der Waals surface area contributed by atoms with E-state index in [-0.39, 0.29) is 0 Å². The van der Waals surface area contributed by atoms with Gasteiger partial charge in [0, 0.05) is 5.56 Å². The predicted octanol–water partition coefficient (Wildman–Crippen LogP) is 4.57. The van der Waals surface area contributed by atoms with E-state index < -0.39 is 0 Å². The molecule has 1 heteroatoms. The Morgan fingerprint density at radius 2 is 1.53 bits per heavy atom. The van der Waals surface area contributed by atoms with E-state index in [9.17, 15) is 5.11 Å². The second-order valence-corrected chi connectivity index (χ2v) is 3.55. The lowest BCUT2D eigenvalue weighted by molar-refractivity contribution is 0.474. The van der Waals surface area contributed by atoms with Crippen LogP contribution in [0.4, 0.5) is 0 Å². The Kier molecular flexibility index (Phi) is 5.59. The van der Waals surface area contributed by atoms with Crippen molar-refractivity contribution in [3.63, 3.8) is 0 Å². The molecule has 0 aromatic heterocycles. The van der Waals surface area contributed by atoms with E-state index in [1.165, 1.54) is 0 Å². The number of aromatic hydroxyl groups is 1. The summed E-state index contributed by atoms with van der Waals surface area (Å²) in [6.07, 6.45) is 15.6. The third kappa shape index (κ3) is 4.15. The van der Waals surface area contributed by atoms with Crippen LogP contribution in [-0.2, 0) is 0 Å². The van der Waals surface area contributed by atoms with Gasteiger partial charge in [0.15, 0.2) is 0 Å². The molecule has 1 aromatic rings. The average molecular weight is 226 g/mol. The van der Waals surface area contributed by atoms with Crippen LogP contribution in [-0.4, -0.2) is 5.11 Å². The number of phenols is 1. The van der Waals surface area contributed by atoms with Crippen molar-refractivity contribution in [1.82, 2.24) is 0 Å². The summed E-state index contributed by atoms with van der Waals surface area (Å²) >= 11 is 0. The topological polar surface area (TPSA) is 20.2 Å². The van der Waals surface area contributed by atoms with Gasteiger partial charge in [-0.15, -0.1) is 0 Å². The van der Waals surface area contributed by atoms with Crippen molar-refractivity contribution < 1.29 is 5.11 Å². The molecule has 0 amide bonds. The molecule has 0 unspecified atom stereocenters. The first-order chi connectivity index (χ1) is 8.29. The summed E-state index contributed by atoms with van der Waals surface area (Å²) in [5.74, 6) is 0.299. The molecule has 1 aromatic carbocycles. The van der Waals surface area contributed by atoms with E-state index >= 15 is 0 Å².